The molecule has 0 bridgehead atoms. The Labute approximate surface area is 119 Å². The third-order valence-electron chi connectivity index (χ3n) is 3.70. The molecule has 0 aromatic carbocycles. The first-order valence-corrected chi connectivity index (χ1v) is 7.07. The highest BCUT2D eigenvalue weighted by atomic mass is 16.2. The van der Waals surface area contributed by atoms with E-state index in [1.54, 1.807) is 18.5 Å². The minimum atomic E-state index is -0.0838. The van der Waals surface area contributed by atoms with E-state index < -0.39 is 0 Å². The first kappa shape index (κ1) is 14.5. The fourth-order valence-electron chi connectivity index (χ4n) is 2.51. The van der Waals surface area contributed by atoms with Crippen LogP contribution >= 0.6 is 0 Å². The van der Waals surface area contributed by atoms with E-state index >= 15 is 0 Å². The third-order valence-corrected chi connectivity index (χ3v) is 3.70. The first-order chi connectivity index (χ1) is 9.72. The fourth-order valence-corrected chi connectivity index (χ4v) is 2.51. The summed E-state index contributed by atoms with van der Waals surface area (Å²) in [6.45, 7) is 2.20. The van der Waals surface area contributed by atoms with Gasteiger partial charge in [-0.15, -0.1) is 0 Å². The number of hydrogen-bond donors (Lipinski definition) is 2. The molecule has 106 valence electrons. The average Bonchev–Trinajstić information content (AvgIpc) is 2.85. The lowest BCUT2D eigenvalue weighted by Crippen LogP contribution is -2.36. The van der Waals surface area contributed by atoms with Crippen molar-refractivity contribution in [2.45, 2.75) is 38.6 Å². The van der Waals surface area contributed by atoms with Gasteiger partial charge in [-0.25, -0.2) is 0 Å². The molecule has 0 spiro atoms. The van der Waals surface area contributed by atoms with Crippen LogP contribution in [0.3, 0.4) is 0 Å². The number of nitrogens with one attached hydrogen (secondary N) is 1. The van der Waals surface area contributed by atoms with E-state index in [0.29, 0.717) is 23.5 Å². The number of pyridine rings is 1. The number of aromatic nitrogens is 1. The van der Waals surface area contributed by atoms with Crippen LogP contribution < -0.4 is 5.32 Å². The van der Waals surface area contributed by atoms with Gasteiger partial charge in [-0.1, -0.05) is 25.2 Å². The molecule has 1 amide bonds. The van der Waals surface area contributed by atoms with Crippen molar-refractivity contribution in [2.75, 3.05) is 6.61 Å². The van der Waals surface area contributed by atoms with E-state index in [0.717, 1.165) is 6.42 Å². The molecule has 1 aromatic heterocycles. The second-order valence-corrected chi connectivity index (χ2v) is 5.18. The van der Waals surface area contributed by atoms with E-state index in [2.05, 4.69) is 29.1 Å². The van der Waals surface area contributed by atoms with E-state index in [1.807, 2.05) is 0 Å². The maximum absolute atomic E-state index is 12.3. The lowest BCUT2D eigenvalue weighted by atomic mass is 10.0. The van der Waals surface area contributed by atoms with E-state index in [1.165, 1.54) is 12.8 Å². The molecular weight excluding hydrogens is 252 g/mol. The summed E-state index contributed by atoms with van der Waals surface area (Å²) in [6, 6.07) is 1.95. The van der Waals surface area contributed by atoms with Gasteiger partial charge in [-0.05, 0) is 24.8 Å². The molecule has 1 heterocycles. The van der Waals surface area contributed by atoms with Gasteiger partial charge in [-0.2, -0.15) is 0 Å². The molecule has 2 atom stereocenters. The van der Waals surface area contributed by atoms with Gasteiger partial charge in [0, 0.05) is 24.9 Å². The topological polar surface area (TPSA) is 62.2 Å². The van der Waals surface area contributed by atoms with Gasteiger partial charge >= 0.3 is 0 Å². The molecule has 1 saturated carbocycles. The van der Waals surface area contributed by atoms with Crippen LogP contribution in [0.5, 0.6) is 0 Å². The summed E-state index contributed by atoms with van der Waals surface area (Å²) in [5, 5.41) is 11.8. The lowest BCUT2D eigenvalue weighted by molar-refractivity contribution is 0.0929. The Morgan fingerprint density at radius 1 is 1.55 bits per heavy atom. The number of amides is 1. The number of aliphatic hydroxyl groups is 1. The van der Waals surface area contributed by atoms with Crippen molar-refractivity contribution >= 4 is 5.91 Å². The monoisotopic (exact) mass is 272 g/mol. The van der Waals surface area contributed by atoms with Gasteiger partial charge < -0.3 is 10.4 Å². The summed E-state index contributed by atoms with van der Waals surface area (Å²) in [6.07, 6.45) is 6.98. The number of rotatable bonds is 3. The van der Waals surface area contributed by atoms with Gasteiger partial charge in [0.25, 0.3) is 5.91 Å². The Balaban J connectivity index is 2.11. The molecule has 0 saturated heterocycles. The standard InChI is InChI=1S/C16H20N2O2/c1-12-5-4-7-15(12)18-16(20)14-8-9-17-11-13(14)6-2-3-10-19/h8-9,11-12,15,19H,3-5,7,10H2,1H3,(H,18,20). The first-order valence-electron chi connectivity index (χ1n) is 7.07. The van der Waals surface area contributed by atoms with E-state index in [9.17, 15) is 4.79 Å². The number of nitrogens with zero attached hydrogens (tertiary/aromatic N) is 1. The van der Waals surface area contributed by atoms with Gasteiger partial charge in [0.05, 0.1) is 17.7 Å². The molecule has 4 heteroatoms. The zero-order valence-corrected chi connectivity index (χ0v) is 11.7. The number of carbonyl (C=O) groups excluding carboxylic acids is 1. The van der Waals surface area contributed by atoms with Crippen LogP contribution in [0.15, 0.2) is 18.5 Å². The Morgan fingerprint density at radius 2 is 2.40 bits per heavy atom. The molecule has 2 N–H and O–H groups in total. The smallest absolute Gasteiger partial charge is 0.252 e. The summed E-state index contributed by atoms with van der Waals surface area (Å²) < 4.78 is 0. The van der Waals surface area contributed by atoms with Crippen LogP contribution in [0.4, 0.5) is 0 Å². The van der Waals surface area contributed by atoms with Crippen molar-refractivity contribution in [3.63, 3.8) is 0 Å². The van der Waals surface area contributed by atoms with Gasteiger partial charge in [-0.3, -0.25) is 9.78 Å². The molecule has 1 fully saturated rings. The molecule has 4 nitrogen and oxygen atoms in total. The summed E-state index contributed by atoms with van der Waals surface area (Å²) in [7, 11) is 0. The zero-order valence-electron chi connectivity index (χ0n) is 11.7. The SMILES string of the molecule is CC1CCCC1NC(=O)c1ccncc1C#CCCO. The molecule has 2 unspecified atom stereocenters. The minimum Gasteiger partial charge on any atom is -0.395 e. The summed E-state index contributed by atoms with van der Waals surface area (Å²) in [4.78, 5) is 16.4. The highest BCUT2D eigenvalue weighted by molar-refractivity contribution is 5.96. The van der Waals surface area contributed by atoms with Crippen LogP contribution in [0.1, 0.15) is 48.5 Å². The second-order valence-electron chi connectivity index (χ2n) is 5.18. The Morgan fingerprint density at radius 3 is 3.10 bits per heavy atom. The van der Waals surface area contributed by atoms with Crippen molar-refractivity contribution < 1.29 is 9.90 Å². The normalized spacial score (nSPS) is 21.1. The summed E-state index contributed by atoms with van der Waals surface area (Å²) in [5.41, 5.74) is 1.17. The minimum absolute atomic E-state index is 0.0222. The second kappa shape index (κ2) is 7.06. The molecule has 0 radical (unpaired) electrons. The quantitative estimate of drug-likeness (QED) is 0.824. The Hall–Kier alpha value is -1.86. The van der Waals surface area contributed by atoms with Crippen LogP contribution in [-0.2, 0) is 0 Å². The van der Waals surface area contributed by atoms with E-state index in [-0.39, 0.29) is 18.6 Å². The number of carbonyl (C=O) groups is 1. The average molecular weight is 272 g/mol. The van der Waals surface area contributed by atoms with Gasteiger partial charge in [0.2, 0.25) is 0 Å². The number of hydrogen-bond acceptors (Lipinski definition) is 3. The third kappa shape index (κ3) is 3.58. The van der Waals surface area contributed by atoms with Crippen LogP contribution in [0.2, 0.25) is 0 Å². The van der Waals surface area contributed by atoms with E-state index in [4.69, 9.17) is 5.11 Å². The molecular formula is C16H20N2O2. The largest absolute Gasteiger partial charge is 0.395 e. The van der Waals surface area contributed by atoms with Crippen molar-refractivity contribution in [3.05, 3.63) is 29.6 Å². The fraction of sp³-hybridized carbons (Fsp3) is 0.500. The maximum atomic E-state index is 12.3. The molecule has 20 heavy (non-hydrogen) atoms. The predicted octanol–water partition coefficient (Wildman–Crippen LogP) is 1.73. The van der Waals surface area contributed by atoms with Gasteiger partial charge in [0.1, 0.15) is 0 Å². The Kier molecular flexibility index (Phi) is 5.14. The molecule has 1 aliphatic carbocycles. The predicted molar refractivity (Wildman–Crippen MR) is 77.1 cm³/mol. The summed E-state index contributed by atoms with van der Waals surface area (Å²) >= 11 is 0. The lowest BCUT2D eigenvalue weighted by Gasteiger charge is -2.17. The van der Waals surface area contributed by atoms with Crippen LogP contribution in [0, 0.1) is 17.8 Å². The molecule has 2 rings (SSSR count). The highest BCUT2D eigenvalue weighted by Crippen LogP contribution is 2.25. The van der Waals surface area contributed by atoms with Crippen molar-refractivity contribution in [1.82, 2.24) is 10.3 Å². The van der Waals surface area contributed by atoms with Crippen molar-refractivity contribution in [2.24, 2.45) is 5.92 Å². The zero-order chi connectivity index (χ0) is 14.4. The molecule has 0 aliphatic heterocycles. The number of aliphatic hydroxyl groups excluding tert-OH is 1. The van der Waals surface area contributed by atoms with Crippen LogP contribution in [0.25, 0.3) is 0 Å². The van der Waals surface area contributed by atoms with Gasteiger partial charge in [0.15, 0.2) is 0 Å². The molecule has 1 aliphatic rings. The summed E-state index contributed by atoms with van der Waals surface area (Å²) in [5.74, 6) is 6.18. The Bertz CT molecular complexity index is 531. The van der Waals surface area contributed by atoms with Crippen molar-refractivity contribution in [1.29, 1.82) is 0 Å². The van der Waals surface area contributed by atoms with Crippen molar-refractivity contribution in [3.8, 4) is 11.8 Å². The highest BCUT2D eigenvalue weighted by Gasteiger charge is 2.25. The molecule has 1 aromatic rings. The maximum Gasteiger partial charge on any atom is 0.252 e. The van der Waals surface area contributed by atoms with Crippen LogP contribution in [-0.4, -0.2) is 28.6 Å².